The van der Waals surface area contributed by atoms with Gasteiger partial charge in [-0.25, -0.2) is 0 Å². The van der Waals surface area contributed by atoms with Gasteiger partial charge in [0.05, 0.1) is 11.7 Å². The first kappa shape index (κ1) is 15.5. The molecular formula is C17H22N4O2. The van der Waals surface area contributed by atoms with E-state index in [1.165, 1.54) is 0 Å². The minimum Gasteiger partial charge on any atom is -0.339 e. The van der Waals surface area contributed by atoms with E-state index in [4.69, 9.17) is 0 Å². The summed E-state index contributed by atoms with van der Waals surface area (Å²) in [6, 6.07) is 7.86. The Bertz CT molecular complexity index is 714. The molecule has 1 aromatic heterocycles. The quantitative estimate of drug-likeness (QED) is 0.859. The van der Waals surface area contributed by atoms with E-state index in [2.05, 4.69) is 5.10 Å². The van der Waals surface area contributed by atoms with Crippen LogP contribution in [0.4, 0.5) is 0 Å². The third-order valence-corrected chi connectivity index (χ3v) is 4.27. The molecule has 23 heavy (non-hydrogen) atoms. The fraction of sp³-hybridized carbons (Fsp3) is 0.471. The summed E-state index contributed by atoms with van der Waals surface area (Å²) in [5.41, 5.74) is 0.967. The molecule has 3 rings (SSSR count). The average molecular weight is 314 g/mol. The maximum atomic E-state index is 12.5. The number of piperazine rings is 1. The summed E-state index contributed by atoms with van der Waals surface area (Å²) in [6.07, 6.45) is 1.78. The zero-order chi connectivity index (χ0) is 16.4. The highest BCUT2D eigenvalue weighted by molar-refractivity contribution is 5.82. The molecule has 0 spiro atoms. The predicted molar refractivity (Wildman–Crippen MR) is 87.7 cm³/mol. The summed E-state index contributed by atoms with van der Waals surface area (Å²) in [6.45, 7) is 6.47. The molecule has 0 radical (unpaired) electrons. The molecule has 1 fully saturated rings. The maximum Gasteiger partial charge on any atom is 0.244 e. The fourth-order valence-corrected chi connectivity index (χ4v) is 2.92. The van der Waals surface area contributed by atoms with Crippen molar-refractivity contribution in [1.29, 1.82) is 0 Å². The van der Waals surface area contributed by atoms with Crippen LogP contribution >= 0.6 is 0 Å². The second kappa shape index (κ2) is 6.40. The minimum absolute atomic E-state index is 0.00712. The second-order valence-corrected chi connectivity index (χ2v) is 6.22. The molecule has 6 nitrogen and oxygen atoms in total. The summed E-state index contributed by atoms with van der Waals surface area (Å²) < 4.78 is 1.74. The van der Waals surface area contributed by atoms with Crippen molar-refractivity contribution >= 4 is 22.7 Å². The van der Waals surface area contributed by atoms with Gasteiger partial charge in [-0.2, -0.15) is 5.10 Å². The Balaban J connectivity index is 1.61. The van der Waals surface area contributed by atoms with Crippen LogP contribution in [0.3, 0.4) is 0 Å². The molecule has 0 unspecified atom stereocenters. The highest BCUT2D eigenvalue weighted by atomic mass is 16.2. The average Bonchev–Trinajstić information content (AvgIpc) is 2.97. The molecule has 1 aliphatic rings. The largest absolute Gasteiger partial charge is 0.339 e. The van der Waals surface area contributed by atoms with Gasteiger partial charge in [0.25, 0.3) is 0 Å². The molecule has 0 bridgehead atoms. The number of carbonyl (C=O) groups excluding carboxylic acids is 2. The number of hydrogen-bond acceptors (Lipinski definition) is 3. The Kier molecular flexibility index (Phi) is 4.32. The van der Waals surface area contributed by atoms with E-state index in [9.17, 15) is 9.59 Å². The van der Waals surface area contributed by atoms with Gasteiger partial charge in [-0.05, 0) is 6.07 Å². The van der Waals surface area contributed by atoms with Crippen LogP contribution in [0, 0.1) is 5.92 Å². The highest BCUT2D eigenvalue weighted by Crippen LogP contribution is 2.13. The van der Waals surface area contributed by atoms with E-state index in [1.807, 2.05) is 47.9 Å². The molecule has 1 saturated heterocycles. The fourth-order valence-electron chi connectivity index (χ4n) is 2.92. The Morgan fingerprint density at radius 2 is 1.74 bits per heavy atom. The van der Waals surface area contributed by atoms with Gasteiger partial charge >= 0.3 is 0 Å². The van der Waals surface area contributed by atoms with Crippen LogP contribution in [0.25, 0.3) is 10.9 Å². The van der Waals surface area contributed by atoms with Crippen LogP contribution in [0.1, 0.15) is 13.8 Å². The van der Waals surface area contributed by atoms with Crippen LogP contribution in [-0.2, 0) is 16.1 Å². The summed E-state index contributed by atoms with van der Waals surface area (Å²) in [4.78, 5) is 28.1. The first-order valence-electron chi connectivity index (χ1n) is 8.03. The van der Waals surface area contributed by atoms with Gasteiger partial charge in [0.1, 0.15) is 6.54 Å². The molecule has 0 saturated carbocycles. The van der Waals surface area contributed by atoms with Gasteiger partial charge in [-0.1, -0.05) is 32.0 Å². The number of carbonyl (C=O) groups is 2. The summed E-state index contributed by atoms with van der Waals surface area (Å²) in [7, 11) is 0. The summed E-state index contributed by atoms with van der Waals surface area (Å²) in [5.74, 6) is 0.221. The van der Waals surface area contributed by atoms with Crippen molar-refractivity contribution in [2.45, 2.75) is 20.4 Å². The van der Waals surface area contributed by atoms with Gasteiger partial charge in [0.15, 0.2) is 0 Å². The molecule has 0 atom stereocenters. The third-order valence-electron chi connectivity index (χ3n) is 4.27. The second-order valence-electron chi connectivity index (χ2n) is 6.22. The van der Waals surface area contributed by atoms with E-state index >= 15 is 0 Å². The number of fused-ring (bicyclic) bond motifs is 1. The highest BCUT2D eigenvalue weighted by Gasteiger charge is 2.25. The van der Waals surface area contributed by atoms with Crippen molar-refractivity contribution in [2.75, 3.05) is 26.2 Å². The normalized spacial score (nSPS) is 15.4. The Hall–Kier alpha value is -2.37. The van der Waals surface area contributed by atoms with E-state index in [-0.39, 0.29) is 24.3 Å². The van der Waals surface area contributed by atoms with Crippen molar-refractivity contribution in [1.82, 2.24) is 19.6 Å². The number of nitrogens with zero attached hydrogens (tertiary/aromatic N) is 4. The van der Waals surface area contributed by atoms with Crippen LogP contribution in [0.5, 0.6) is 0 Å². The van der Waals surface area contributed by atoms with E-state index in [0.29, 0.717) is 26.2 Å². The molecule has 1 aromatic carbocycles. The molecule has 2 heterocycles. The molecule has 2 aromatic rings. The smallest absolute Gasteiger partial charge is 0.244 e. The first-order valence-corrected chi connectivity index (χ1v) is 8.03. The van der Waals surface area contributed by atoms with Crippen molar-refractivity contribution < 1.29 is 9.59 Å². The van der Waals surface area contributed by atoms with Crippen molar-refractivity contribution in [2.24, 2.45) is 5.92 Å². The van der Waals surface area contributed by atoms with Crippen LogP contribution < -0.4 is 0 Å². The van der Waals surface area contributed by atoms with E-state index in [0.717, 1.165) is 10.9 Å². The molecule has 1 aliphatic heterocycles. The molecule has 2 amide bonds. The van der Waals surface area contributed by atoms with Crippen molar-refractivity contribution in [3.63, 3.8) is 0 Å². The molecule has 0 aliphatic carbocycles. The van der Waals surface area contributed by atoms with Crippen LogP contribution in [0.15, 0.2) is 30.5 Å². The lowest BCUT2D eigenvalue weighted by Gasteiger charge is -2.35. The SMILES string of the molecule is CC(C)C(=O)N1CCN(C(=O)Cn2ncc3ccccc32)CC1. The van der Waals surface area contributed by atoms with Gasteiger partial charge in [0, 0.05) is 37.5 Å². The lowest BCUT2D eigenvalue weighted by Crippen LogP contribution is -2.52. The number of aromatic nitrogens is 2. The zero-order valence-electron chi connectivity index (χ0n) is 13.6. The predicted octanol–water partition coefficient (Wildman–Crippen LogP) is 1.36. The van der Waals surface area contributed by atoms with Crippen LogP contribution in [-0.4, -0.2) is 57.6 Å². The number of para-hydroxylation sites is 1. The van der Waals surface area contributed by atoms with Gasteiger partial charge in [-0.15, -0.1) is 0 Å². The van der Waals surface area contributed by atoms with E-state index in [1.54, 1.807) is 10.9 Å². The number of benzene rings is 1. The van der Waals surface area contributed by atoms with Gasteiger partial charge < -0.3 is 9.80 Å². The Morgan fingerprint density at radius 3 is 2.43 bits per heavy atom. The molecule has 122 valence electrons. The first-order chi connectivity index (χ1) is 11.1. The molecule has 6 heteroatoms. The number of rotatable bonds is 3. The number of amides is 2. The summed E-state index contributed by atoms with van der Waals surface area (Å²) >= 11 is 0. The van der Waals surface area contributed by atoms with Crippen LogP contribution in [0.2, 0.25) is 0 Å². The molecular weight excluding hydrogens is 292 g/mol. The standard InChI is InChI=1S/C17H22N4O2/c1-13(2)17(23)20-9-7-19(8-10-20)16(22)12-21-15-6-4-3-5-14(15)11-18-21/h3-6,11,13H,7-10,12H2,1-2H3. The van der Waals surface area contributed by atoms with E-state index < -0.39 is 0 Å². The Morgan fingerprint density at radius 1 is 1.09 bits per heavy atom. The lowest BCUT2D eigenvalue weighted by molar-refractivity contribution is -0.141. The topological polar surface area (TPSA) is 58.4 Å². The molecule has 0 N–H and O–H groups in total. The maximum absolute atomic E-state index is 12.5. The van der Waals surface area contributed by atoms with Crippen molar-refractivity contribution in [3.05, 3.63) is 30.5 Å². The monoisotopic (exact) mass is 314 g/mol. The van der Waals surface area contributed by atoms with Crippen molar-refractivity contribution in [3.8, 4) is 0 Å². The number of hydrogen-bond donors (Lipinski definition) is 0. The van der Waals surface area contributed by atoms with Gasteiger partial charge in [-0.3, -0.25) is 14.3 Å². The lowest BCUT2D eigenvalue weighted by atomic mass is 10.1. The Labute approximate surface area is 135 Å². The van der Waals surface area contributed by atoms with Gasteiger partial charge in [0.2, 0.25) is 11.8 Å². The minimum atomic E-state index is 0.00712. The third kappa shape index (κ3) is 3.21. The zero-order valence-corrected chi connectivity index (χ0v) is 13.6. The summed E-state index contributed by atoms with van der Waals surface area (Å²) in [5, 5.41) is 5.34.